The van der Waals surface area contributed by atoms with E-state index < -0.39 is 0 Å². The number of pyridine rings is 1. The zero-order chi connectivity index (χ0) is 17.8. The van der Waals surface area contributed by atoms with Crippen LogP contribution in [0.1, 0.15) is 28.8 Å². The molecule has 6 heteroatoms. The molecule has 0 saturated carbocycles. The van der Waals surface area contributed by atoms with Crippen LogP contribution in [0.5, 0.6) is 0 Å². The summed E-state index contributed by atoms with van der Waals surface area (Å²) in [5.74, 6) is 0.0658. The minimum absolute atomic E-state index is 0.102. The summed E-state index contributed by atoms with van der Waals surface area (Å²) in [6.45, 7) is 2.98. The molecule has 1 aliphatic rings. The fourth-order valence-corrected chi connectivity index (χ4v) is 3.01. The van der Waals surface area contributed by atoms with Crippen LogP contribution in [0.2, 0.25) is 0 Å². The minimum atomic E-state index is -0.245. The van der Waals surface area contributed by atoms with Gasteiger partial charge in [-0.05, 0) is 43.5 Å². The second kappa shape index (κ2) is 7.34. The second-order valence-corrected chi connectivity index (χ2v) is 6.39. The predicted octanol–water partition coefficient (Wildman–Crippen LogP) is 2.46. The molecule has 1 saturated heterocycles. The lowest BCUT2D eigenvalue weighted by Gasteiger charge is -2.32. The van der Waals surface area contributed by atoms with Crippen molar-refractivity contribution in [2.75, 3.05) is 24.1 Å². The van der Waals surface area contributed by atoms with Gasteiger partial charge in [-0.25, -0.2) is 4.98 Å². The Morgan fingerprint density at radius 3 is 2.76 bits per heavy atom. The summed E-state index contributed by atoms with van der Waals surface area (Å²) in [5, 5.41) is 2.84. The number of aromatic nitrogens is 1. The molecule has 3 rings (SSSR count). The molecule has 0 radical (unpaired) electrons. The number of hydrogen-bond acceptors (Lipinski definition) is 4. The Balaban J connectivity index is 1.66. The van der Waals surface area contributed by atoms with Gasteiger partial charge in [-0.1, -0.05) is 18.2 Å². The number of benzene rings is 1. The van der Waals surface area contributed by atoms with Crippen LogP contribution in [0, 0.1) is 12.8 Å². The highest BCUT2D eigenvalue weighted by atomic mass is 16.2. The number of amides is 2. The first-order valence-corrected chi connectivity index (χ1v) is 8.42. The van der Waals surface area contributed by atoms with Crippen molar-refractivity contribution in [3.63, 3.8) is 0 Å². The van der Waals surface area contributed by atoms with Crippen LogP contribution in [-0.2, 0) is 4.79 Å². The SMILES string of the molecule is Cc1ccc(NC(=O)C2CCCN(C(=O)c3ccccc3N)C2)nc1. The number of nitrogens with two attached hydrogens (primary N) is 1. The average molecular weight is 338 g/mol. The van der Waals surface area contributed by atoms with E-state index in [-0.39, 0.29) is 17.7 Å². The number of nitrogen functional groups attached to an aromatic ring is 1. The third kappa shape index (κ3) is 3.96. The molecule has 1 unspecified atom stereocenters. The summed E-state index contributed by atoms with van der Waals surface area (Å²) in [5.41, 5.74) is 7.89. The molecule has 0 bridgehead atoms. The molecule has 2 heterocycles. The molecule has 1 aromatic heterocycles. The lowest BCUT2D eigenvalue weighted by Crippen LogP contribution is -2.44. The van der Waals surface area contributed by atoms with Crippen molar-refractivity contribution in [3.05, 3.63) is 53.7 Å². The van der Waals surface area contributed by atoms with Crippen LogP contribution in [0.4, 0.5) is 11.5 Å². The molecule has 25 heavy (non-hydrogen) atoms. The largest absolute Gasteiger partial charge is 0.398 e. The number of rotatable bonds is 3. The quantitative estimate of drug-likeness (QED) is 0.842. The van der Waals surface area contributed by atoms with E-state index in [1.54, 1.807) is 41.4 Å². The lowest BCUT2D eigenvalue weighted by atomic mass is 9.96. The van der Waals surface area contributed by atoms with Gasteiger partial charge in [0.15, 0.2) is 0 Å². The Labute approximate surface area is 147 Å². The Kier molecular flexibility index (Phi) is 4.97. The molecule has 3 N–H and O–H groups in total. The van der Waals surface area contributed by atoms with Gasteiger partial charge >= 0.3 is 0 Å². The lowest BCUT2D eigenvalue weighted by molar-refractivity contribution is -0.121. The zero-order valence-electron chi connectivity index (χ0n) is 14.2. The summed E-state index contributed by atoms with van der Waals surface area (Å²) in [6, 6.07) is 10.7. The van der Waals surface area contributed by atoms with E-state index >= 15 is 0 Å². The monoisotopic (exact) mass is 338 g/mol. The van der Waals surface area contributed by atoms with Crippen LogP contribution in [0.15, 0.2) is 42.6 Å². The molecule has 1 fully saturated rings. The van der Waals surface area contributed by atoms with Crippen LogP contribution >= 0.6 is 0 Å². The third-order valence-corrected chi connectivity index (χ3v) is 4.43. The van der Waals surface area contributed by atoms with Crippen LogP contribution in [0.3, 0.4) is 0 Å². The normalized spacial score (nSPS) is 17.2. The molecule has 2 aromatic rings. The first-order valence-electron chi connectivity index (χ1n) is 8.42. The van der Waals surface area contributed by atoms with Gasteiger partial charge in [0.1, 0.15) is 5.82 Å². The average Bonchev–Trinajstić information content (AvgIpc) is 2.63. The molecular weight excluding hydrogens is 316 g/mol. The van der Waals surface area contributed by atoms with Gasteiger partial charge in [0, 0.05) is 25.0 Å². The topological polar surface area (TPSA) is 88.3 Å². The van der Waals surface area contributed by atoms with Crippen molar-refractivity contribution in [2.45, 2.75) is 19.8 Å². The first kappa shape index (κ1) is 17.0. The van der Waals surface area contributed by atoms with Crippen molar-refractivity contribution >= 4 is 23.3 Å². The van der Waals surface area contributed by atoms with Crippen molar-refractivity contribution in [2.24, 2.45) is 5.92 Å². The number of hydrogen-bond donors (Lipinski definition) is 2. The highest BCUT2D eigenvalue weighted by Gasteiger charge is 2.29. The number of para-hydroxylation sites is 1. The van der Waals surface area contributed by atoms with Gasteiger partial charge in [0.25, 0.3) is 5.91 Å². The van der Waals surface area contributed by atoms with Crippen molar-refractivity contribution in [3.8, 4) is 0 Å². The number of nitrogens with zero attached hydrogens (tertiary/aromatic N) is 2. The summed E-state index contributed by atoms with van der Waals surface area (Å²) in [7, 11) is 0. The number of aryl methyl sites for hydroxylation is 1. The van der Waals surface area contributed by atoms with Gasteiger partial charge in [-0.15, -0.1) is 0 Å². The summed E-state index contributed by atoms with van der Waals surface area (Å²) < 4.78 is 0. The number of nitrogens with one attached hydrogen (secondary N) is 1. The van der Waals surface area contributed by atoms with Crippen molar-refractivity contribution in [1.82, 2.24) is 9.88 Å². The molecule has 130 valence electrons. The Morgan fingerprint density at radius 1 is 1.24 bits per heavy atom. The standard InChI is InChI=1S/C19H22N4O2/c1-13-8-9-17(21-11-13)22-18(24)14-5-4-10-23(12-14)19(25)15-6-2-3-7-16(15)20/h2-3,6-9,11,14H,4-5,10,12,20H2,1H3,(H,21,22,24). The highest BCUT2D eigenvalue weighted by Crippen LogP contribution is 2.22. The number of piperidine rings is 1. The van der Waals surface area contributed by atoms with Gasteiger partial charge in [0.05, 0.1) is 11.5 Å². The van der Waals surface area contributed by atoms with Crippen molar-refractivity contribution in [1.29, 1.82) is 0 Å². The van der Waals surface area contributed by atoms with E-state index in [9.17, 15) is 9.59 Å². The summed E-state index contributed by atoms with van der Waals surface area (Å²) >= 11 is 0. The molecule has 6 nitrogen and oxygen atoms in total. The fourth-order valence-electron chi connectivity index (χ4n) is 3.01. The molecule has 0 spiro atoms. The number of carbonyl (C=O) groups is 2. The molecule has 1 atom stereocenters. The first-order chi connectivity index (χ1) is 12.0. The van der Waals surface area contributed by atoms with E-state index in [1.165, 1.54) is 0 Å². The van der Waals surface area contributed by atoms with Gasteiger partial charge in [-0.3, -0.25) is 9.59 Å². The molecule has 0 aliphatic carbocycles. The number of anilines is 2. The highest BCUT2D eigenvalue weighted by molar-refractivity contribution is 5.99. The van der Waals surface area contributed by atoms with E-state index in [4.69, 9.17) is 5.73 Å². The Bertz CT molecular complexity index is 773. The minimum Gasteiger partial charge on any atom is -0.398 e. The Morgan fingerprint density at radius 2 is 2.04 bits per heavy atom. The molecule has 2 amide bonds. The smallest absolute Gasteiger partial charge is 0.255 e. The van der Waals surface area contributed by atoms with Gasteiger partial charge in [-0.2, -0.15) is 0 Å². The summed E-state index contributed by atoms with van der Waals surface area (Å²) in [4.78, 5) is 31.1. The second-order valence-electron chi connectivity index (χ2n) is 6.39. The van der Waals surface area contributed by atoms with Crippen LogP contribution in [-0.4, -0.2) is 34.8 Å². The number of likely N-dealkylation sites (tertiary alicyclic amines) is 1. The summed E-state index contributed by atoms with van der Waals surface area (Å²) in [6.07, 6.45) is 3.26. The van der Waals surface area contributed by atoms with E-state index in [0.29, 0.717) is 30.2 Å². The maximum atomic E-state index is 12.7. The fraction of sp³-hybridized carbons (Fsp3) is 0.316. The Hall–Kier alpha value is -2.89. The zero-order valence-corrected chi connectivity index (χ0v) is 14.2. The molecular formula is C19H22N4O2. The predicted molar refractivity (Wildman–Crippen MR) is 97.1 cm³/mol. The van der Waals surface area contributed by atoms with E-state index in [1.807, 2.05) is 13.0 Å². The maximum Gasteiger partial charge on any atom is 0.255 e. The molecule has 1 aliphatic heterocycles. The van der Waals surface area contributed by atoms with E-state index in [2.05, 4.69) is 10.3 Å². The van der Waals surface area contributed by atoms with Crippen LogP contribution < -0.4 is 11.1 Å². The van der Waals surface area contributed by atoms with Gasteiger partial charge in [0.2, 0.25) is 5.91 Å². The van der Waals surface area contributed by atoms with Crippen molar-refractivity contribution < 1.29 is 9.59 Å². The van der Waals surface area contributed by atoms with Crippen LogP contribution in [0.25, 0.3) is 0 Å². The maximum absolute atomic E-state index is 12.7. The molecule has 1 aromatic carbocycles. The van der Waals surface area contributed by atoms with E-state index in [0.717, 1.165) is 18.4 Å². The van der Waals surface area contributed by atoms with Gasteiger partial charge < -0.3 is 16.0 Å². The number of carbonyl (C=O) groups excluding carboxylic acids is 2. The third-order valence-electron chi connectivity index (χ3n) is 4.43.